The van der Waals surface area contributed by atoms with Crippen LogP contribution in [0.15, 0.2) is 78.9 Å². The number of hydrogen-bond donors (Lipinski definition) is 1. The molecule has 0 saturated carbocycles. The minimum atomic E-state index is 0.268. The van der Waals surface area contributed by atoms with Crippen LogP contribution in [0.5, 0.6) is 17.5 Å². The fourth-order valence-electron chi connectivity index (χ4n) is 2.93. The number of aromatic nitrogens is 4. The molecular formula is C22H21N5O2. The van der Waals surface area contributed by atoms with Crippen molar-refractivity contribution in [3.63, 3.8) is 0 Å². The summed E-state index contributed by atoms with van der Waals surface area (Å²) < 4.78 is 13.0. The predicted molar refractivity (Wildman–Crippen MR) is 109 cm³/mol. The van der Waals surface area contributed by atoms with E-state index in [-0.39, 0.29) is 6.01 Å². The molecule has 0 aliphatic heterocycles. The Bertz CT molecular complexity index is 1050. The molecular weight excluding hydrogens is 366 g/mol. The predicted octanol–water partition coefficient (Wildman–Crippen LogP) is 3.75. The zero-order valence-corrected chi connectivity index (χ0v) is 16.0. The SMILES string of the molecule is COc1cc(CNCc2ccccc2)ccc1Oc1nnnn1-c1ccccc1. The van der Waals surface area contributed by atoms with E-state index in [4.69, 9.17) is 9.47 Å². The Labute approximate surface area is 168 Å². The van der Waals surface area contributed by atoms with Crippen LogP contribution in [0, 0.1) is 0 Å². The molecule has 4 aromatic rings. The molecule has 146 valence electrons. The third kappa shape index (κ3) is 4.59. The highest BCUT2D eigenvalue weighted by Gasteiger charge is 2.14. The number of rotatable bonds is 8. The van der Waals surface area contributed by atoms with Crippen LogP contribution in [0.1, 0.15) is 11.1 Å². The Balaban J connectivity index is 1.46. The molecule has 29 heavy (non-hydrogen) atoms. The van der Waals surface area contributed by atoms with Crippen LogP contribution in [0.2, 0.25) is 0 Å². The van der Waals surface area contributed by atoms with Gasteiger partial charge in [-0.25, -0.2) is 0 Å². The van der Waals surface area contributed by atoms with Gasteiger partial charge in [-0.2, -0.15) is 4.68 Å². The minimum absolute atomic E-state index is 0.268. The summed E-state index contributed by atoms with van der Waals surface area (Å²) in [6.45, 7) is 1.51. The highest BCUT2D eigenvalue weighted by atomic mass is 16.5. The van der Waals surface area contributed by atoms with E-state index in [1.807, 2.05) is 66.7 Å². The van der Waals surface area contributed by atoms with E-state index in [0.29, 0.717) is 18.0 Å². The van der Waals surface area contributed by atoms with Gasteiger partial charge in [-0.15, -0.1) is 0 Å². The van der Waals surface area contributed by atoms with Crippen molar-refractivity contribution in [2.75, 3.05) is 7.11 Å². The first-order valence-corrected chi connectivity index (χ1v) is 9.27. The summed E-state index contributed by atoms with van der Waals surface area (Å²) in [6.07, 6.45) is 0. The minimum Gasteiger partial charge on any atom is -0.493 e. The lowest BCUT2D eigenvalue weighted by atomic mass is 10.2. The molecule has 0 unspecified atom stereocenters. The fourth-order valence-corrected chi connectivity index (χ4v) is 2.93. The van der Waals surface area contributed by atoms with Gasteiger partial charge < -0.3 is 14.8 Å². The third-order valence-electron chi connectivity index (χ3n) is 4.37. The van der Waals surface area contributed by atoms with E-state index in [1.165, 1.54) is 10.2 Å². The normalized spacial score (nSPS) is 10.7. The molecule has 0 atom stereocenters. The van der Waals surface area contributed by atoms with E-state index in [9.17, 15) is 0 Å². The third-order valence-corrected chi connectivity index (χ3v) is 4.37. The van der Waals surface area contributed by atoms with Gasteiger partial charge in [0.05, 0.1) is 12.8 Å². The first kappa shape index (κ1) is 18.6. The van der Waals surface area contributed by atoms with Gasteiger partial charge >= 0.3 is 6.01 Å². The molecule has 0 aliphatic carbocycles. The number of tetrazole rings is 1. The van der Waals surface area contributed by atoms with Crippen LogP contribution >= 0.6 is 0 Å². The molecule has 7 heteroatoms. The molecule has 0 fully saturated rings. The Hall–Kier alpha value is -3.71. The zero-order valence-electron chi connectivity index (χ0n) is 16.0. The number of methoxy groups -OCH3 is 1. The first-order valence-electron chi connectivity index (χ1n) is 9.27. The van der Waals surface area contributed by atoms with Crippen molar-refractivity contribution in [3.8, 4) is 23.2 Å². The first-order chi connectivity index (χ1) is 14.3. The highest BCUT2D eigenvalue weighted by molar-refractivity contribution is 5.44. The van der Waals surface area contributed by atoms with Gasteiger partial charge in [0.2, 0.25) is 0 Å². The van der Waals surface area contributed by atoms with E-state index >= 15 is 0 Å². The summed E-state index contributed by atoms with van der Waals surface area (Å²) in [5.74, 6) is 1.16. The van der Waals surface area contributed by atoms with Crippen molar-refractivity contribution >= 4 is 0 Å². The Morgan fingerprint density at radius 3 is 2.31 bits per heavy atom. The molecule has 7 nitrogen and oxygen atoms in total. The van der Waals surface area contributed by atoms with Crippen LogP contribution < -0.4 is 14.8 Å². The van der Waals surface area contributed by atoms with E-state index in [0.717, 1.165) is 17.8 Å². The molecule has 0 saturated heterocycles. The number of nitrogens with one attached hydrogen (secondary N) is 1. The lowest BCUT2D eigenvalue weighted by molar-refractivity contribution is 0.362. The lowest BCUT2D eigenvalue weighted by Gasteiger charge is -2.12. The molecule has 0 radical (unpaired) electrons. The summed E-state index contributed by atoms with van der Waals surface area (Å²) in [4.78, 5) is 0. The van der Waals surface area contributed by atoms with Crippen molar-refractivity contribution in [1.82, 2.24) is 25.5 Å². The van der Waals surface area contributed by atoms with Gasteiger partial charge in [0.25, 0.3) is 0 Å². The molecule has 1 heterocycles. The molecule has 0 amide bonds. The van der Waals surface area contributed by atoms with Gasteiger partial charge in [-0.3, -0.25) is 0 Å². The van der Waals surface area contributed by atoms with E-state index in [2.05, 4.69) is 33.0 Å². The summed E-state index contributed by atoms with van der Waals surface area (Å²) in [5, 5.41) is 15.1. The maximum atomic E-state index is 5.94. The summed E-state index contributed by atoms with van der Waals surface area (Å²) in [7, 11) is 1.61. The van der Waals surface area contributed by atoms with Crippen LogP contribution in [0.4, 0.5) is 0 Å². The maximum absolute atomic E-state index is 5.94. The topological polar surface area (TPSA) is 74.1 Å². The van der Waals surface area contributed by atoms with Crippen molar-refractivity contribution in [3.05, 3.63) is 90.0 Å². The van der Waals surface area contributed by atoms with Gasteiger partial charge in [0.15, 0.2) is 11.5 Å². The van der Waals surface area contributed by atoms with Gasteiger partial charge in [0.1, 0.15) is 0 Å². The number of para-hydroxylation sites is 1. The quantitative estimate of drug-likeness (QED) is 0.496. The number of benzene rings is 3. The van der Waals surface area contributed by atoms with Gasteiger partial charge in [0, 0.05) is 13.1 Å². The molecule has 0 aliphatic rings. The second kappa shape index (κ2) is 8.99. The Morgan fingerprint density at radius 2 is 1.55 bits per heavy atom. The zero-order chi connectivity index (χ0) is 19.9. The summed E-state index contributed by atoms with van der Waals surface area (Å²) in [5.41, 5.74) is 3.15. The second-order valence-corrected chi connectivity index (χ2v) is 6.39. The van der Waals surface area contributed by atoms with E-state index in [1.54, 1.807) is 7.11 Å². The monoisotopic (exact) mass is 387 g/mol. The Kier molecular flexibility index (Phi) is 5.78. The number of ether oxygens (including phenoxy) is 2. The standard InChI is InChI=1S/C22H21N5O2/c1-28-21-14-18(16-23-15-17-8-4-2-5-9-17)12-13-20(21)29-22-24-25-26-27(22)19-10-6-3-7-11-19/h2-14,23H,15-16H2,1H3. The molecule has 4 rings (SSSR count). The largest absolute Gasteiger partial charge is 0.493 e. The van der Waals surface area contributed by atoms with Gasteiger partial charge in [-0.05, 0) is 45.8 Å². The van der Waals surface area contributed by atoms with Crippen molar-refractivity contribution in [2.24, 2.45) is 0 Å². The summed E-state index contributed by atoms with van der Waals surface area (Å²) in [6, 6.07) is 25.9. The molecule has 3 aromatic carbocycles. The molecule has 0 spiro atoms. The van der Waals surface area contributed by atoms with Crippen LogP contribution in [0.25, 0.3) is 5.69 Å². The molecule has 0 bridgehead atoms. The summed E-state index contributed by atoms with van der Waals surface area (Å²) >= 11 is 0. The maximum Gasteiger partial charge on any atom is 0.346 e. The van der Waals surface area contributed by atoms with E-state index < -0.39 is 0 Å². The number of nitrogens with zero attached hydrogens (tertiary/aromatic N) is 4. The van der Waals surface area contributed by atoms with Crippen molar-refractivity contribution in [2.45, 2.75) is 13.1 Å². The highest BCUT2D eigenvalue weighted by Crippen LogP contribution is 2.32. The Morgan fingerprint density at radius 1 is 0.828 bits per heavy atom. The van der Waals surface area contributed by atoms with Crippen LogP contribution in [-0.2, 0) is 13.1 Å². The number of hydrogen-bond acceptors (Lipinski definition) is 6. The smallest absolute Gasteiger partial charge is 0.346 e. The second-order valence-electron chi connectivity index (χ2n) is 6.39. The van der Waals surface area contributed by atoms with Crippen LogP contribution in [-0.4, -0.2) is 27.3 Å². The van der Waals surface area contributed by atoms with Crippen LogP contribution in [0.3, 0.4) is 0 Å². The average Bonchev–Trinajstić information content (AvgIpc) is 3.24. The fraction of sp³-hybridized carbons (Fsp3) is 0.136. The molecule has 1 aromatic heterocycles. The van der Waals surface area contributed by atoms with Gasteiger partial charge in [-0.1, -0.05) is 59.7 Å². The van der Waals surface area contributed by atoms with Crippen molar-refractivity contribution in [1.29, 1.82) is 0 Å². The molecule has 1 N–H and O–H groups in total. The van der Waals surface area contributed by atoms with Crippen molar-refractivity contribution < 1.29 is 9.47 Å². The lowest BCUT2D eigenvalue weighted by Crippen LogP contribution is -2.12. The average molecular weight is 387 g/mol.